The molecule has 0 radical (unpaired) electrons. The molecular weight excluding hydrogens is 356 g/mol. The van der Waals surface area contributed by atoms with Crippen LogP contribution in [0, 0.1) is 6.92 Å². The van der Waals surface area contributed by atoms with Crippen molar-refractivity contribution < 1.29 is 4.52 Å². The average Bonchev–Trinajstić information content (AvgIpc) is 3.13. The van der Waals surface area contributed by atoms with Gasteiger partial charge in [0.1, 0.15) is 5.76 Å². The summed E-state index contributed by atoms with van der Waals surface area (Å²) in [6, 6.07) is 7.14. The molecule has 8 heteroatoms. The summed E-state index contributed by atoms with van der Waals surface area (Å²) in [5.41, 5.74) is 2.83. The molecule has 8 nitrogen and oxygen atoms in total. The van der Waals surface area contributed by atoms with Gasteiger partial charge in [-0.3, -0.25) is 19.6 Å². The standard InChI is InChI=1S/C20H24N6O2/c1-16-18(14-22-28-16)15-25-10-8-24(9-11-25)12-13-26-20(27)3-2-19(23-26)17-4-6-21-7-5-17/h2-7,14H,8-13,15H2,1H3. The second-order valence-corrected chi connectivity index (χ2v) is 7.04. The minimum atomic E-state index is -0.0700. The van der Waals surface area contributed by atoms with Crippen molar-refractivity contribution in [2.45, 2.75) is 20.0 Å². The monoisotopic (exact) mass is 380 g/mol. The Morgan fingerprint density at radius 2 is 1.75 bits per heavy atom. The molecule has 146 valence electrons. The highest BCUT2D eigenvalue weighted by Gasteiger charge is 2.18. The van der Waals surface area contributed by atoms with Gasteiger partial charge in [-0.2, -0.15) is 5.10 Å². The molecule has 0 unspecified atom stereocenters. The number of hydrogen-bond donors (Lipinski definition) is 0. The third-order valence-corrected chi connectivity index (χ3v) is 5.18. The third kappa shape index (κ3) is 4.35. The fraction of sp³-hybridized carbons (Fsp3) is 0.400. The van der Waals surface area contributed by atoms with Gasteiger partial charge in [-0.05, 0) is 25.1 Å². The minimum absolute atomic E-state index is 0.0700. The second kappa shape index (κ2) is 8.45. The molecule has 0 bridgehead atoms. The van der Waals surface area contributed by atoms with Crippen molar-refractivity contribution >= 4 is 0 Å². The van der Waals surface area contributed by atoms with E-state index in [1.54, 1.807) is 35.4 Å². The van der Waals surface area contributed by atoms with Crippen molar-refractivity contribution in [3.05, 3.63) is 64.5 Å². The van der Waals surface area contributed by atoms with Crippen LogP contribution in [0.4, 0.5) is 0 Å². The molecule has 0 aliphatic carbocycles. The molecule has 4 heterocycles. The van der Waals surface area contributed by atoms with Crippen LogP contribution in [0.5, 0.6) is 0 Å². The number of nitrogens with zero attached hydrogens (tertiary/aromatic N) is 6. The summed E-state index contributed by atoms with van der Waals surface area (Å²) in [4.78, 5) is 21.0. The molecule has 0 atom stereocenters. The molecule has 0 amide bonds. The lowest BCUT2D eigenvalue weighted by molar-refractivity contribution is 0.122. The quantitative estimate of drug-likeness (QED) is 0.640. The van der Waals surface area contributed by atoms with Crippen LogP contribution in [-0.2, 0) is 13.1 Å². The first-order valence-corrected chi connectivity index (χ1v) is 9.52. The van der Waals surface area contributed by atoms with Crippen molar-refractivity contribution in [1.29, 1.82) is 0 Å². The lowest BCUT2D eigenvalue weighted by Gasteiger charge is -2.34. The summed E-state index contributed by atoms with van der Waals surface area (Å²) >= 11 is 0. The maximum absolute atomic E-state index is 12.2. The Hall–Kier alpha value is -2.84. The van der Waals surface area contributed by atoms with Gasteiger partial charge in [0, 0.05) is 68.9 Å². The topological polar surface area (TPSA) is 80.3 Å². The third-order valence-electron chi connectivity index (χ3n) is 5.18. The summed E-state index contributed by atoms with van der Waals surface area (Å²) in [6.45, 7) is 8.15. The van der Waals surface area contributed by atoms with E-state index in [4.69, 9.17) is 4.52 Å². The molecule has 1 aliphatic heterocycles. The number of aryl methyl sites for hydroxylation is 1. The zero-order valence-electron chi connectivity index (χ0n) is 16.0. The number of piperazine rings is 1. The summed E-state index contributed by atoms with van der Waals surface area (Å²) in [6.07, 6.45) is 5.26. The number of pyridine rings is 1. The van der Waals surface area contributed by atoms with E-state index in [1.165, 1.54) is 0 Å². The minimum Gasteiger partial charge on any atom is -0.361 e. The average molecular weight is 380 g/mol. The molecule has 1 saturated heterocycles. The maximum Gasteiger partial charge on any atom is 0.266 e. The number of hydrogen-bond acceptors (Lipinski definition) is 7. The van der Waals surface area contributed by atoms with E-state index in [2.05, 4.69) is 25.0 Å². The van der Waals surface area contributed by atoms with Crippen LogP contribution in [0.1, 0.15) is 11.3 Å². The van der Waals surface area contributed by atoms with Gasteiger partial charge in [0.2, 0.25) is 0 Å². The Morgan fingerprint density at radius 1 is 1.00 bits per heavy atom. The SMILES string of the molecule is Cc1oncc1CN1CCN(CCn2nc(-c3ccncc3)ccc2=O)CC1. The molecule has 1 fully saturated rings. The van der Waals surface area contributed by atoms with E-state index in [1.807, 2.05) is 19.1 Å². The van der Waals surface area contributed by atoms with Gasteiger partial charge in [0.25, 0.3) is 5.56 Å². The summed E-state index contributed by atoms with van der Waals surface area (Å²) in [7, 11) is 0. The second-order valence-electron chi connectivity index (χ2n) is 7.04. The van der Waals surface area contributed by atoms with Crippen molar-refractivity contribution in [3.63, 3.8) is 0 Å². The van der Waals surface area contributed by atoms with Crippen molar-refractivity contribution in [1.82, 2.24) is 29.7 Å². The Balaban J connectivity index is 1.32. The summed E-state index contributed by atoms with van der Waals surface area (Å²) in [5, 5.41) is 8.37. The molecule has 1 aliphatic rings. The van der Waals surface area contributed by atoms with E-state index in [9.17, 15) is 4.79 Å². The largest absolute Gasteiger partial charge is 0.361 e. The summed E-state index contributed by atoms with van der Waals surface area (Å²) < 4.78 is 6.70. The smallest absolute Gasteiger partial charge is 0.266 e. The van der Waals surface area contributed by atoms with E-state index >= 15 is 0 Å². The Labute approximate surface area is 163 Å². The van der Waals surface area contributed by atoms with E-state index < -0.39 is 0 Å². The zero-order chi connectivity index (χ0) is 19.3. The zero-order valence-corrected chi connectivity index (χ0v) is 16.0. The van der Waals surface area contributed by atoms with Gasteiger partial charge in [-0.15, -0.1) is 0 Å². The van der Waals surface area contributed by atoms with Crippen LogP contribution in [-0.4, -0.2) is 62.4 Å². The molecule has 0 N–H and O–H groups in total. The molecule has 4 rings (SSSR count). The molecular formula is C20H24N6O2. The van der Waals surface area contributed by atoms with Gasteiger partial charge in [-0.25, -0.2) is 4.68 Å². The molecule has 3 aromatic rings. The van der Waals surface area contributed by atoms with Gasteiger partial charge in [-0.1, -0.05) is 5.16 Å². The van der Waals surface area contributed by atoms with Crippen LogP contribution < -0.4 is 5.56 Å². The first-order valence-electron chi connectivity index (χ1n) is 9.52. The number of rotatable bonds is 6. The van der Waals surface area contributed by atoms with Gasteiger partial charge < -0.3 is 4.52 Å². The van der Waals surface area contributed by atoms with E-state index in [0.717, 1.165) is 61.8 Å². The van der Waals surface area contributed by atoms with Crippen LogP contribution in [0.2, 0.25) is 0 Å². The van der Waals surface area contributed by atoms with E-state index in [0.29, 0.717) is 6.54 Å². The predicted molar refractivity (Wildman–Crippen MR) is 105 cm³/mol. The summed E-state index contributed by atoms with van der Waals surface area (Å²) in [5.74, 6) is 0.891. The normalized spacial score (nSPS) is 15.8. The fourth-order valence-corrected chi connectivity index (χ4v) is 3.40. The molecule has 0 spiro atoms. The van der Waals surface area contributed by atoms with Crippen LogP contribution in [0.25, 0.3) is 11.3 Å². The lowest BCUT2D eigenvalue weighted by atomic mass is 10.2. The Morgan fingerprint density at radius 3 is 2.46 bits per heavy atom. The first-order chi connectivity index (χ1) is 13.7. The molecule has 3 aromatic heterocycles. The predicted octanol–water partition coefficient (Wildman–Crippen LogP) is 1.42. The maximum atomic E-state index is 12.2. The fourth-order valence-electron chi connectivity index (χ4n) is 3.40. The van der Waals surface area contributed by atoms with Crippen LogP contribution >= 0.6 is 0 Å². The highest BCUT2D eigenvalue weighted by Crippen LogP contribution is 2.14. The Bertz CT molecular complexity index is 960. The first kappa shape index (κ1) is 18.5. The highest BCUT2D eigenvalue weighted by molar-refractivity contribution is 5.56. The van der Waals surface area contributed by atoms with Gasteiger partial charge >= 0.3 is 0 Å². The van der Waals surface area contributed by atoms with Crippen molar-refractivity contribution in [2.24, 2.45) is 0 Å². The van der Waals surface area contributed by atoms with Crippen molar-refractivity contribution in [2.75, 3.05) is 32.7 Å². The molecule has 0 saturated carbocycles. The van der Waals surface area contributed by atoms with E-state index in [-0.39, 0.29) is 5.56 Å². The number of aromatic nitrogens is 4. The van der Waals surface area contributed by atoms with Crippen LogP contribution in [0.15, 0.2) is 52.2 Å². The van der Waals surface area contributed by atoms with Crippen LogP contribution in [0.3, 0.4) is 0 Å². The lowest BCUT2D eigenvalue weighted by Crippen LogP contribution is -2.47. The van der Waals surface area contributed by atoms with Gasteiger partial charge in [0.05, 0.1) is 18.4 Å². The molecule has 28 heavy (non-hydrogen) atoms. The molecule has 0 aromatic carbocycles. The van der Waals surface area contributed by atoms with Crippen molar-refractivity contribution in [3.8, 4) is 11.3 Å². The van der Waals surface area contributed by atoms with Gasteiger partial charge in [0.15, 0.2) is 0 Å². The highest BCUT2D eigenvalue weighted by atomic mass is 16.5. The Kier molecular flexibility index (Phi) is 5.59.